The molecule has 3 aromatic rings. The van der Waals surface area contributed by atoms with Gasteiger partial charge in [-0.25, -0.2) is 4.79 Å². The molecule has 0 radical (unpaired) electrons. The molecule has 0 atom stereocenters. The average molecular weight is 326 g/mol. The van der Waals surface area contributed by atoms with E-state index in [1.54, 1.807) is 0 Å². The van der Waals surface area contributed by atoms with Crippen LogP contribution >= 0.6 is 0 Å². The Hall–Kier alpha value is -3.13. The molecule has 0 saturated heterocycles. The second kappa shape index (κ2) is 6.06. The standard InChI is InChI=1S/C23H18O2/c1-15-7-11-17(12-8-15)21(18-13-9-16(2)10-14-18)22-19-5-3-4-6-20(19)23(24)25-22/h3-14H,1-2H3. The molecule has 0 aliphatic carbocycles. The van der Waals surface area contributed by atoms with Crippen molar-refractivity contribution in [3.8, 4) is 0 Å². The lowest BCUT2D eigenvalue weighted by Gasteiger charge is -2.13. The number of hydrogen-bond donors (Lipinski definition) is 0. The molecule has 0 bridgehead atoms. The van der Waals surface area contributed by atoms with E-state index in [1.165, 1.54) is 11.1 Å². The maximum Gasteiger partial charge on any atom is 0.344 e. The molecule has 122 valence electrons. The fourth-order valence-corrected chi connectivity index (χ4v) is 3.12. The summed E-state index contributed by atoms with van der Waals surface area (Å²) in [6, 6.07) is 24.2. The van der Waals surface area contributed by atoms with E-state index in [1.807, 2.05) is 24.3 Å². The first kappa shape index (κ1) is 15.4. The van der Waals surface area contributed by atoms with Gasteiger partial charge in [-0.05, 0) is 31.0 Å². The molecule has 3 aromatic carbocycles. The molecule has 1 heterocycles. The maximum atomic E-state index is 12.3. The summed E-state index contributed by atoms with van der Waals surface area (Å²) in [7, 11) is 0. The zero-order chi connectivity index (χ0) is 17.4. The molecule has 4 rings (SSSR count). The first-order valence-electron chi connectivity index (χ1n) is 8.33. The van der Waals surface area contributed by atoms with Crippen LogP contribution in [0.3, 0.4) is 0 Å². The lowest BCUT2D eigenvalue weighted by atomic mass is 9.93. The molecule has 0 amide bonds. The molecular formula is C23H18O2. The van der Waals surface area contributed by atoms with E-state index in [0.29, 0.717) is 11.3 Å². The highest BCUT2D eigenvalue weighted by Gasteiger charge is 2.29. The molecule has 0 unspecified atom stereocenters. The summed E-state index contributed by atoms with van der Waals surface area (Å²) in [6.07, 6.45) is 0. The smallest absolute Gasteiger partial charge is 0.344 e. The Balaban J connectivity index is 2.00. The molecule has 25 heavy (non-hydrogen) atoms. The van der Waals surface area contributed by atoms with Crippen LogP contribution in [0.2, 0.25) is 0 Å². The van der Waals surface area contributed by atoms with Gasteiger partial charge in [-0.2, -0.15) is 0 Å². The van der Waals surface area contributed by atoms with Gasteiger partial charge in [0.05, 0.1) is 5.56 Å². The molecule has 1 aliphatic rings. The summed E-state index contributed by atoms with van der Waals surface area (Å²) in [4.78, 5) is 12.3. The van der Waals surface area contributed by atoms with Crippen LogP contribution in [0.4, 0.5) is 0 Å². The van der Waals surface area contributed by atoms with Crippen molar-refractivity contribution in [1.82, 2.24) is 0 Å². The number of esters is 1. The topological polar surface area (TPSA) is 26.3 Å². The Bertz CT molecular complexity index is 930. The highest BCUT2D eigenvalue weighted by molar-refractivity contribution is 6.10. The lowest BCUT2D eigenvalue weighted by Crippen LogP contribution is -1.96. The summed E-state index contributed by atoms with van der Waals surface area (Å²) in [6.45, 7) is 4.13. The van der Waals surface area contributed by atoms with Crippen molar-refractivity contribution >= 4 is 17.3 Å². The van der Waals surface area contributed by atoms with Crippen LogP contribution in [0.5, 0.6) is 0 Å². The fourth-order valence-electron chi connectivity index (χ4n) is 3.12. The van der Waals surface area contributed by atoms with Crippen LogP contribution in [0.1, 0.15) is 38.2 Å². The number of hydrogen-bond acceptors (Lipinski definition) is 2. The first-order valence-corrected chi connectivity index (χ1v) is 8.33. The normalized spacial score (nSPS) is 12.7. The second-order valence-electron chi connectivity index (χ2n) is 6.37. The molecular weight excluding hydrogens is 308 g/mol. The van der Waals surface area contributed by atoms with Gasteiger partial charge in [-0.1, -0.05) is 77.9 Å². The molecule has 2 heteroatoms. The van der Waals surface area contributed by atoms with E-state index in [4.69, 9.17) is 4.74 Å². The van der Waals surface area contributed by atoms with E-state index < -0.39 is 0 Å². The van der Waals surface area contributed by atoms with Crippen molar-refractivity contribution in [3.63, 3.8) is 0 Å². The van der Waals surface area contributed by atoms with Crippen molar-refractivity contribution in [1.29, 1.82) is 0 Å². The van der Waals surface area contributed by atoms with Gasteiger partial charge in [0.1, 0.15) is 5.76 Å². The number of fused-ring (bicyclic) bond motifs is 1. The summed E-state index contributed by atoms with van der Waals surface area (Å²) in [5, 5.41) is 0. The van der Waals surface area contributed by atoms with Crippen LogP contribution in [-0.4, -0.2) is 5.97 Å². The van der Waals surface area contributed by atoms with Crippen molar-refractivity contribution < 1.29 is 9.53 Å². The van der Waals surface area contributed by atoms with Crippen LogP contribution in [0.25, 0.3) is 11.3 Å². The first-order chi connectivity index (χ1) is 12.1. The van der Waals surface area contributed by atoms with Crippen LogP contribution in [0.15, 0.2) is 72.8 Å². The minimum absolute atomic E-state index is 0.290. The Morgan fingerprint density at radius 2 is 1.16 bits per heavy atom. The molecule has 0 N–H and O–H groups in total. The fraction of sp³-hybridized carbons (Fsp3) is 0.0870. The number of carbonyl (C=O) groups is 1. The van der Waals surface area contributed by atoms with Gasteiger partial charge < -0.3 is 4.74 Å². The van der Waals surface area contributed by atoms with Gasteiger partial charge in [-0.15, -0.1) is 0 Å². The van der Waals surface area contributed by atoms with Crippen molar-refractivity contribution in [3.05, 3.63) is 106 Å². The van der Waals surface area contributed by atoms with Crippen LogP contribution in [-0.2, 0) is 4.74 Å². The lowest BCUT2D eigenvalue weighted by molar-refractivity contribution is 0.0716. The third-order valence-corrected chi connectivity index (χ3v) is 4.49. The largest absolute Gasteiger partial charge is 0.422 e. The predicted octanol–water partition coefficient (Wildman–Crippen LogP) is 5.39. The zero-order valence-corrected chi connectivity index (χ0v) is 14.2. The highest BCUT2D eigenvalue weighted by atomic mass is 16.5. The average Bonchev–Trinajstić information content (AvgIpc) is 2.96. The number of carbonyl (C=O) groups excluding carboxylic acids is 1. The predicted molar refractivity (Wildman–Crippen MR) is 100 cm³/mol. The Labute approximate surface area is 147 Å². The summed E-state index contributed by atoms with van der Waals surface area (Å²) >= 11 is 0. The van der Waals surface area contributed by atoms with Gasteiger partial charge >= 0.3 is 5.97 Å². The summed E-state index contributed by atoms with van der Waals surface area (Å²) in [5.74, 6) is 0.343. The van der Waals surface area contributed by atoms with Crippen LogP contribution in [0, 0.1) is 13.8 Å². The van der Waals surface area contributed by atoms with E-state index in [9.17, 15) is 4.79 Å². The van der Waals surface area contributed by atoms with E-state index in [-0.39, 0.29) is 5.97 Å². The van der Waals surface area contributed by atoms with Gasteiger partial charge in [0.2, 0.25) is 0 Å². The number of benzene rings is 3. The van der Waals surface area contributed by atoms with E-state index in [2.05, 4.69) is 62.4 Å². The third kappa shape index (κ3) is 2.76. The SMILES string of the molecule is Cc1ccc(C(=C2OC(=O)c3ccccc32)c2ccc(C)cc2)cc1. The summed E-state index contributed by atoms with van der Waals surface area (Å²) < 4.78 is 5.70. The monoisotopic (exact) mass is 326 g/mol. The molecule has 0 fully saturated rings. The second-order valence-corrected chi connectivity index (χ2v) is 6.37. The molecule has 0 spiro atoms. The van der Waals surface area contributed by atoms with Gasteiger partial charge in [0.15, 0.2) is 0 Å². The quantitative estimate of drug-likeness (QED) is 0.590. The van der Waals surface area contributed by atoms with Gasteiger partial charge in [0.25, 0.3) is 0 Å². The molecule has 2 nitrogen and oxygen atoms in total. The van der Waals surface area contributed by atoms with Crippen molar-refractivity contribution in [2.45, 2.75) is 13.8 Å². The Morgan fingerprint density at radius 3 is 1.68 bits per heavy atom. The Kier molecular flexibility index (Phi) is 3.73. The Morgan fingerprint density at radius 1 is 0.680 bits per heavy atom. The van der Waals surface area contributed by atoms with Gasteiger partial charge in [0, 0.05) is 11.1 Å². The van der Waals surface area contributed by atoms with E-state index >= 15 is 0 Å². The van der Waals surface area contributed by atoms with E-state index in [0.717, 1.165) is 22.3 Å². The minimum Gasteiger partial charge on any atom is -0.422 e. The number of rotatable bonds is 2. The molecule has 0 saturated carbocycles. The maximum absolute atomic E-state index is 12.3. The number of cyclic esters (lactones) is 1. The zero-order valence-electron chi connectivity index (χ0n) is 14.2. The summed E-state index contributed by atoms with van der Waals surface area (Å²) in [5.41, 5.74) is 6.88. The number of aryl methyl sites for hydroxylation is 2. The van der Waals surface area contributed by atoms with Crippen molar-refractivity contribution in [2.24, 2.45) is 0 Å². The minimum atomic E-state index is -0.290. The highest BCUT2D eigenvalue weighted by Crippen LogP contribution is 2.39. The molecule has 0 aromatic heterocycles. The number of ether oxygens (including phenoxy) is 1. The van der Waals surface area contributed by atoms with Gasteiger partial charge in [-0.3, -0.25) is 0 Å². The van der Waals surface area contributed by atoms with Crippen LogP contribution < -0.4 is 0 Å². The molecule has 1 aliphatic heterocycles. The van der Waals surface area contributed by atoms with Crippen molar-refractivity contribution in [2.75, 3.05) is 0 Å². The third-order valence-electron chi connectivity index (χ3n) is 4.49.